The molecule has 132 valence electrons. The van der Waals surface area contributed by atoms with Crippen molar-refractivity contribution < 1.29 is 9.18 Å². The molecular formula is C21H23FINO. The number of carbonyl (C=O) groups is 1. The van der Waals surface area contributed by atoms with Crippen molar-refractivity contribution in [3.05, 3.63) is 53.1 Å². The molecule has 4 heteroatoms. The van der Waals surface area contributed by atoms with Gasteiger partial charge in [0.2, 0.25) is 0 Å². The molecule has 1 aromatic carbocycles. The van der Waals surface area contributed by atoms with E-state index in [4.69, 9.17) is 4.98 Å². The minimum Gasteiger partial charge on any atom is -0.298 e. The van der Waals surface area contributed by atoms with Crippen molar-refractivity contribution in [1.82, 2.24) is 4.98 Å². The molecule has 0 aliphatic heterocycles. The van der Waals surface area contributed by atoms with Crippen LogP contribution in [0, 0.1) is 5.82 Å². The number of benzene rings is 1. The lowest BCUT2D eigenvalue weighted by atomic mass is 9.84. The highest BCUT2D eigenvalue weighted by atomic mass is 127. The highest BCUT2D eigenvalue weighted by Crippen LogP contribution is 2.36. The maximum absolute atomic E-state index is 13.3. The first-order valence-corrected chi connectivity index (χ1v) is 10.5. The highest BCUT2D eigenvalue weighted by Gasteiger charge is 2.23. The average molecular weight is 451 g/mol. The summed E-state index contributed by atoms with van der Waals surface area (Å²) in [5, 5.41) is 0. The van der Waals surface area contributed by atoms with E-state index in [-0.39, 0.29) is 11.7 Å². The van der Waals surface area contributed by atoms with Crippen LogP contribution in [-0.2, 0) is 0 Å². The van der Waals surface area contributed by atoms with Crippen molar-refractivity contribution in [1.29, 1.82) is 0 Å². The van der Waals surface area contributed by atoms with E-state index in [2.05, 4.69) is 35.6 Å². The Balaban J connectivity index is 2.16. The van der Waals surface area contributed by atoms with Gasteiger partial charge >= 0.3 is 0 Å². The van der Waals surface area contributed by atoms with E-state index < -0.39 is 0 Å². The summed E-state index contributed by atoms with van der Waals surface area (Å²) in [6.45, 7) is 2.11. The quantitative estimate of drug-likeness (QED) is 0.304. The van der Waals surface area contributed by atoms with Crippen LogP contribution >= 0.6 is 22.6 Å². The SMILES string of the molecule is CC(CI)c1nc(C2CCCCC2)cc(-c2ccc(F)cc2)c1C=O. The summed E-state index contributed by atoms with van der Waals surface area (Å²) in [5.41, 5.74) is 4.39. The lowest BCUT2D eigenvalue weighted by Crippen LogP contribution is -2.12. The molecule has 0 spiro atoms. The first kappa shape index (κ1) is 18.5. The second kappa shape index (κ2) is 8.39. The predicted octanol–water partition coefficient (Wildman–Crippen LogP) is 6.29. The Labute approximate surface area is 162 Å². The Morgan fingerprint density at radius 1 is 1.24 bits per heavy atom. The van der Waals surface area contributed by atoms with E-state index in [1.54, 1.807) is 12.1 Å². The summed E-state index contributed by atoms with van der Waals surface area (Å²) in [4.78, 5) is 16.8. The van der Waals surface area contributed by atoms with Crippen LogP contribution < -0.4 is 0 Å². The molecule has 1 fully saturated rings. The van der Waals surface area contributed by atoms with Crippen LogP contribution in [0.25, 0.3) is 11.1 Å². The van der Waals surface area contributed by atoms with Crippen LogP contribution in [0.4, 0.5) is 4.39 Å². The number of alkyl halides is 1. The monoisotopic (exact) mass is 451 g/mol. The van der Waals surface area contributed by atoms with E-state index in [1.807, 2.05) is 0 Å². The number of hydrogen-bond donors (Lipinski definition) is 0. The Bertz CT molecular complexity index is 738. The van der Waals surface area contributed by atoms with E-state index in [1.165, 1.54) is 31.4 Å². The second-order valence-electron chi connectivity index (χ2n) is 6.91. The summed E-state index contributed by atoms with van der Waals surface area (Å²) in [6, 6.07) is 8.47. The van der Waals surface area contributed by atoms with Crippen molar-refractivity contribution in [3.8, 4) is 11.1 Å². The van der Waals surface area contributed by atoms with Crippen LogP contribution in [-0.4, -0.2) is 15.7 Å². The van der Waals surface area contributed by atoms with Crippen LogP contribution in [0.15, 0.2) is 30.3 Å². The predicted molar refractivity (Wildman–Crippen MR) is 108 cm³/mol. The molecule has 3 rings (SSSR count). The lowest BCUT2D eigenvalue weighted by molar-refractivity contribution is 0.112. The molecule has 1 saturated carbocycles. The maximum Gasteiger partial charge on any atom is 0.152 e. The molecule has 0 N–H and O–H groups in total. The largest absolute Gasteiger partial charge is 0.298 e. The zero-order valence-electron chi connectivity index (χ0n) is 14.5. The summed E-state index contributed by atoms with van der Waals surface area (Å²) in [5.74, 6) is 0.413. The van der Waals surface area contributed by atoms with Gasteiger partial charge < -0.3 is 0 Å². The Morgan fingerprint density at radius 3 is 2.52 bits per heavy atom. The molecule has 0 saturated heterocycles. The van der Waals surface area contributed by atoms with Gasteiger partial charge in [-0.2, -0.15) is 0 Å². The van der Waals surface area contributed by atoms with Gasteiger partial charge in [-0.1, -0.05) is 60.9 Å². The molecule has 1 aromatic heterocycles. The molecule has 1 heterocycles. The maximum atomic E-state index is 13.3. The molecule has 0 amide bonds. The van der Waals surface area contributed by atoms with E-state index in [0.29, 0.717) is 11.5 Å². The van der Waals surface area contributed by atoms with Gasteiger partial charge in [0.25, 0.3) is 0 Å². The van der Waals surface area contributed by atoms with Crippen LogP contribution in [0.5, 0.6) is 0 Å². The lowest BCUT2D eigenvalue weighted by Gasteiger charge is -2.24. The van der Waals surface area contributed by atoms with Gasteiger partial charge in [-0.05, 0) is 42.2 Å². The van der Waals surface area contributed by atoms with Crippen LogP contribution in [0.2, 0.25) is 0 Å². The first-order chi connectivity index (χ1) is 12.1. The number of hydrogen-bond acceptors (Lipinski definition) is 2. The Hall–Kier alpha value is -1.30. The molecule has 2 aromatic rings. The van der Waals surface area contributed by atoms with Gasteiger partial charge in [0.05, 0.1) is 5.69 Å². The number of halogens is 2. The van der Waals surface area contributed by atoms with E-state index in [9.17, 15) is 9.18 Å². The molecule has 1 atom stereocenters. The van der Waals surface area contributed by atoms with Crippen molar-refractivity contribution in [2.45, 2.75) is 50.9 Å². The average Bonchev–Trinajstić information content (AvgIpc) is 2.67. The molecule has 1 aliphatic rings. The fourth-order valence-corrected chi connectivity index (χ4v) is 4.06. The number of aldehydes is 1. The first-order valence-electron chi connectivity index (χ1n) is 8.96. The minimum absolute atomic E-state index is 0.212. The standard InChI is InChI=1S/C21H23FINO/c1-14(12-23)21-19(13-25)18(15-7-9-17(22)10-8-15)11-20(24-21)16-5-3-2-4-6-16/h7-11,13-14,16H,2-6,12H2,1H3. The Morgan fingerprint density at radius 2 is 1.92 bits per heavy atom. The van der Waals surface area contributed by atoms with Gasteiger partial charge in [0, 0.05) is 27.5 Å². The fourth-order valence-electron chi connectivity index (χ4n) is 3.64. The molecule has 1 unspecified atom stereocenters. The molecule has 0 radical (unpaired) electrons. The van der Waals surface area contributed by atoms with E-state index >= 15 is 0 Å². The second-order valence-corrected chi connectivity index (χ2v) is 7.79. The van der Waals surface area contributed by atoms with Crippen molar-refractivity contribution in [2.24, 2.45) is 0 Å². The van der Waals surface area contributed by atoms with Gasteiger partial charge in [-0.3, -0.25) is 9.78 Å². The summed E-state index contributed by atoms with van der Waals surface area (Å²) >= 11 is 2.34. The molecule has 25 heavy (non-hydrogen) atoms. The molecule has 2 nitrogen and oxygen atoms in total. The highest BCUT2D eigenvalue weighted by molar-refractivity contribution is 14.1. The molecule has 0 bridgehead atoms. The zero-order chi connectivity index (χ0) is 17.8. The topological polar surface area (TPSA) is 30.0 Å². The third-order valence-electron chi connectivity index (χ3n) is 5.10. The number of carbonyl (C=O) groups excluding carboxylic acids is 1. The van der Waals surface area contributed by atoms with Crippen LogP contribution in [0.1, 0.15) is 72.6 Å². The van der Waals surface area contributed by atoms with Gasteiger partial charge in [-0.15, -0.1) is 0 Å². The van der Waals surface area contributed by atoms with Crippen molar-refractivity contribution >= 4 is 28.9 Å². The van der Waals surface area contributed by atoms with Gasteiger partial charge in [0.15, 0.2) is 6.29 Å². The van der Waals surface area contributed by atoms with Crippen LogP contribution in [0.3, 0.4) is 0 Å². The minimum atomic E-state index is -0.265. The molecule has 1 aliphatic carbocycles. The zero-order valence-corrected chi connectivity index (χ0v) is 16.6. The van der Waals surface area contributed by atoms with Gasteiger partial charge in [-0.25, -0.2) is 4.39 Å². The number of rotatable bonds is 5. The summed E-state index contributed by atoms with van der Waals surface area (Å²) in [7, 11) is 0. The molecular weight excluding hydrogens is 428 g/mol. The van der Waals surface area contributed by atoms with Crippen molar-refractivity contribution in [2.75, 3.05) is 4.43 Å². The Kier molecular flexibility index (Phi) is 6.20. The number of nitrogens with zero attached hydrogens (tertiary/aromatic N) is 1. The summed E-state index contributed by atoms with van der Waals surface area (Å²) in [6.07, 6.45) is 7.01. The third-order valence-corrected chi connectivity index (χ3v) is 6.42. The number of pyridine rings is 1. The smallest absolute Gasteiger partial charge is 0.152 e. The third kappa shape index (κ3) is 4.10. The summed E-state index contributed by atoms with van der Waals surface area (Å²) < 4.78 is 14.2. The normalized spacial score (nSPS) is 16.6. The van der Waals surface area contributed by atoms with Crippen molar-refractivity contribution in [3.63, 3.8) is 0 Å². The van der Waals surface area contributed by atoms with Gasteiger partial charge in [0.1, 0.15) is 5.82 Å². The van der Waals surface area contributed by atoms with E-state index in [0.717, 1.165) is 46.1 Å². The fraction of sp³-hybridized carbons (Fsp3) is 0.429. The number of aromatic nitrogens is 1.